The smallest absolute Gasteiger partial charge is 0.248 e. The summed E-state index contributed by atoms with van der Waals surface area (Å²) in [7, 11) is -3.86. The zero-order valence-electron chi connectivity index (χ0n) is 14.3. The second-order valence-electron chi connectivity index (χ2n) is 5.89. The van der Waals surface area contributed by atoms with Crippen LogP contribution in [-0.2, 0) is 14.8 Å². The van der Waals surface area contributed by atoms with Gasteiger partial charge in [-0.3, -0.25) is 4.79 Å². The van der Waals surface area contributed by atoms with Crippen LogP contribution in [0.4, 0.5) is 5.69 Å². The number of hydrogen-bond acceptors (Lipinski definition) is 5. The highest BCUT2D eigenvalue weighted by Gasteiger charge is 2.14. The number of carbonyl (C=O) groups excluding carboxylic acids is 1. The Labute approximate surface area is 151 Å². The summed E-state index contributed by atoms with van der Waals surface area (Å²) < 4.78 is 33.7. The molecule has 0 unspecified atom stereocenters. The maximum Gasteiger partial charge on any atom is 0.248 e. The molecule has 7 nitrogen and oxygen atoms in total. The molecule has 2 aromatic carbocycles. The van der Waals surface area contributed by atoms with Gasteiger partial charge in [0.2, 0.25) is 22.7 Å². The first-order valence-electron chi connectivity index (χ1n) is 7.77. The Kier molecular flexibility index (Phi) is 4.71. The number of ether oxygens (including phenoxy) is 2. The molecule has 136 valence electrons. The number of anilines is 1. The SMILES string of the molecule is Cc1cc(S(N)(=O)=O)cc(NC(=O)/C=C/c2ccc3c(c2)OCO3)c1C. The first-order chi connectivity index (χ1) is 12.2. The van der Waals surface area contributed by atoms with Gasteiger partial charge in [-0.1, -0.05) is 6.07 Å². The lowest BCUT2D eigenvalue weighted by molar-refractivity contribution is -0.111. The van der Waals surface area contributed by atoms with Crippen LogP contribution in [0.3, 0.4) is 0 Å². The van der Waals surface area contributed by atoms with Crippen LogP contribution in [0.1, 0.15) is 16.7 Å². The summed E-state index contributed by atoms with van der Waals surface area (Å²) in [5.74, 6) is 0.897. The zero-order valence-corrected chi connectivity index (χ0v) is 15.1. The van der Waals surface area contributed by atoms with E-state index in [9.17, 15) is 13.2 Å². The largest absolute Gasteiger partial charge is 0.454 e. The van der Waals surface area contributed by atoms with Crippen LogP contribution < -0.4 is 19.9 Å². The number of fused-ring (bicyclic) bond motifs is 1. The average molecular weight is 374 g/mol. The van der Waals surface area contributed by atoms with Crippen LogP contribution in [-0.4, -0.2) is 21.1 Å². The van der Waals surface area contributed by atoms with Gasteiger partial charge in [0.25, 0.3) is 0 Å². The van der Waals surface area contributed by atoms with E-state index in [1.54, 1.807) is 38.1 Å². The second-order valence-corrected chi connectivity index (χ2v) is 7.45. The number of amides is 1. The highest BCUT2D eigenvalue weighted by Crippen LogP contribution is 2.32. The van der Waals surface area contributed by atoms with E-state index in [4.69, 9.17) is 14.6 Å². The zero-order chi connectivity index (χ0) is 18.9. The van der Waals surface area contributed by atoms with Gasteiger partial charge >= 0.3 is 0 Å². The molecule has 3 rings (SSSR count). The van der Waals surface area contributed by atoms with Crippen molar-refractivity contribution in [3.8, 4) is 11.5 Å². The first kappa shape index (κ1) is 18.0. The minimum Gasteiger partial charge on any atom is -0.454 e. The maximum atomic E-state index is 12.2. The highest BCUT2D eigenvalue weighted by atomic mass is 32.2. The van der Waals surface area contributed by atoms with Crippen molar-refractivity contribution in [3.63, 3.8) is 0 Å². The summed E-state index contributed by atoms with van der Waals surface area (Å²) in [4.78, 5) is 12.2. The van der Waals surface area contributed by atoms with Gasteiger partial charge in [0, 0.05) is 11.8 Å². The van der Waals surface area contributed by atoms with Crippen molar-refractivity contribution in [2.75, 3.05) is 12.1 Å². The summed E-state index contributed by atoms with van der Waals surface area (Å²) in [6.07, 6.45) is 2.99. The fourth-order valence-electron chi connectivity index (χ4n) is 2.48. The topological polar surface area (TPSA) is 108 Å². The Balaban J connectivity index is 1.79. The molecule has 1 aliphatic rings. The van der Waals surface area contributed by atoms with Gasteiger partial charge in [-0.2, -0.15) is 0 Å². The van der Waals surface area contributed by atoms with Crippen LogP contribution in [0.2, 0.25) is 0 Å². The summed E-state index contributed by atoms with van der Waals surface area (Å²) >= 11 is 0. The average Bonchev–Trinajstić information content (AvgIpc) is 3.03. The summed E-state index contributed by atoms with van der Waals surface area (Å²) in [6.45, 7) is 3.73. The molecule has 26 heavy (non-hydrogen) atoms. The van der Waals surface area contributed by atoms with Gasteiger partial charge < -0.3 is 14.8 Å². The second kappa shape index (κ2) is 6.81. The van der Waals surface area contributed by atoms with Crippen LogP contribution >= 0.6 is 0 Å². The molecule has 0 aliphatic carbocycles. The summed E-state index contributed by atoms with van der Waals surface area (Å²) in [5, 5.41) is 7.86. The number of primary sulfonamides is 1. The summed E-state index contributed by atoms with van der Waals surface area (Å²) in [5.41, 5.74) is 2.65. The minimum absolute atomic E-state index is 0.0457. The Morgan fingerprint density at radius 1 is 1.15 bits per heavy atom. The van der Waals surface area contributed by atoms with E-state index >= 15 is 0 Å². The number of aryl methyl sites for hydroxylation is 1. The predicted octanol–water partition coefficient (Wildman–Crippen LogP) is 2.33. The number of rotatable bonds is 4. The number of nitrogens with two attached hydrogens (primary N) is 1. The van der Waals surface area contributed by atoms with E-state index in [2.05, 4.69) is 5.32 Å². The molecule has 0 radical (unpaired) electrons. The van der Waals surface area contributed by atoms with Gasteiger partial charge in [-0.25, -0.2) is 13.6 Å². The molecule has 0 atom stereocenters. The number of benzene rings is 2. The Bertz CT molecular complexity index is 1010. The molecule has 0 saturated carbocycles. The van der Waals surface area contributed by atoms with E-state index in [0.29, 0.717) is 22.7 Å². The molecule has 0 aromatic heterocycles. The number of nitrogens with one attached hydrogen (secondary N) is 1. The lowest BCUT2D eigenvalue weighted by atomic mass is 10.1. The van der Waals surface area contributed by atoms with Gasteiger partial charge in [0.05, 0.1) is 4.90 Å². The molecule has 0 fully saturated rings. The van der Waals surface area contributed by atoms with Crippen molar-refractivity contribution < 1.29 is 22.7 Å². The van der Waals surface area contributed by atoms with E-state index in [1.807, 2.05) is 0 Å². The van der Waals surface area contributed by atoms with Gasteiger partial charge in [0.15, 0.2) is 11.5 Å². The lowest BCUT2D eigenvalue weighted by Gasteiger charge is -2.11. The van der Waals surface area contributed by atoms with Gasteiger partial charge in [0.1, 0.15) is 0 Å². The third-order valence-electron chi connectivity index (χ3n) is 4.05. The molecule has 2 aromatic rings. The van der Waals surface area contributed by atoms with E-state index < -0.39 is 15.9 Å². The molecule has 8 heteroatoms. The molecule has 0 saturated heterocycles. The molecular formula is C18H18N2O5S. The molecule has 1 aliphatic heterocycles. The third-order valence-corrected chi connectivity index (χ3v) is 4.94. The molecule has 1 heterocycles. The van der Waals surface area contributed by atoms with E-state index in [0.717, 1.165) is 11.1 Å². The third kappa shape index (κ3) is 3.87. The van der Waals surface area contributed by atoms with E-state index in [1.165, 1.54) is 18.2 Å². The predicted molar refractivity (Wildman–Crippen MR) is 97.5 cm³/mol. The standard InChI is InChI=1S/C18H18N2O5S/c1-11-7-14(26(19,22)23)9-15(12(11)2)20-18(21)6-4-13-3-5-16-17(8-13)25-10-24-16/h3-9H,10H2,1-2H3,(H,20,21)(H2,19,22,23)/b6-4+. The van der Waals surface area contributed by atoms with Crippen molar-refractivity contribution in [3.05, 3.63) is 53.1 Å². The Morgan fingerprint density at radius 3 is 2.62 bits per heavy atom. The monoisotopic (exact) mass is 374 g/mol. The van der Waals surface area contributed by atoms with Crippen LogP contribution in [0, 0.1) is 13.8 Å². The lowest BCUT2D eigenvalue weighted by Crippen LogP contribution is -2.15. The van der Waals surface area contributed by atoms with E-state index in [-0.39, 0.29) is 11.7 Å². The van der Waals surface area contributed by atoms with Gasteiger partial charge in [-0.05, 0) is 60.9 Å². The van der Waals surface area contributed by atoms with Crippen molar-refractivity contribution >= 4 is 27.7 Å². The fourth-order valence-corrected chi connectivity index (χ4v) is 3.11. The van der Waals surface area contributed by atoms with Crippen molar-refractivity contribution in [1.29, 1.82) is 0 Å². The van der Waals surface area contributed by atoms with Crippen molar-refractivity contribution in [1.82, 2.24) is 0 Å². The minimum atomic E-state index is -3.86. The molecule has 0 spiro atoms. The number of carbonyl (C=O) groups is 1. The summed E-state index contributed by atoms with van der Waals surface area (Å²) in [6, 6.07) is 8.16. The first-order valence-corrected chi connectivity index (χ1v) is 9.31. The van der Waals surface area contributed by atoms with Crippen molar-refractivity contribution in [2.24, 2.45) is 5.14 Å². The quantitative estimate of drug-likeness (QED) is 0.799. The Hall–Kier alpha value is -2.84. The fraction of sp³-hybridized carbons (Fsp3) is 0.167. The normalized spacial score (nSPS) is 13.2. The maximum absolute atomic E-state index is 12.2. The molecule has 3 N–H and O–H groups in total. The molecule has 0 bridgehead atoms. The van der Waals surface area contributed by atoms with Crippen LogP contribution in [0.5, 0.6) is 11.5 Å². The van der Waals surface area contributed by atoms with Crippen LogP contribution in [0.15, 0.2) is 41.3 Å². The number of sulfonamides is 1. The number of hydrogen-bond donors (Lipinski definition) is 2. The molecular weight excluding hydrogens is 356 g/mol. The highest BCUT2D eigenvalue weighted by molar-refractivity contribution is 7.89. The Morgan fingerprint density at radius 2 is 1.88 bits per heavy atom. The van der Waals surface area contributed by atoms with Gasteiger partial charge in [-0.15, -0.1) is 0 Å². The molecule has 1 amide bonds. The van der Waals surface area contributed by atoms with Crippen LogP contribution in [0.25, 0.3) is 6.08 Å². The van der Waals surface area contributed by atoms with Crippen molar-refractivity contribution in [2.45, 2.75) is 18.7 Å².